The number of hydrogen-bond acceptors (Lipinski definition) is 3. The molecule has 7 rings (SSSR count). The van der Waals surface area contributed by atoms with E-state index in [1.807, 2.05) is 36.4 Å². The van der Waals surface area contributed by atoms with E-state index < -0.39 is 0 Å². The molecule has 4 nitrogen and oxygen atoms in total. The third kappa shape index (κ3) is 7.51. The molecule has 0 aliphatic rings. The summed E-state index contributed by atoms with van der Waals surface area (Å²) < 4.78 is 2.24. The zero-order chi connectivity index (χ0) is 39.0. The number of rotatable bonds is 9. The predicted octanol–water partition coefficient (Wildman–Crippen LogP) is 14.2. The molecule has 0 aliphatic carbocycles. The van der Waals surface area contributed by atoms with Crippen molar-refractivity contribution in [3.8, 4) is 45.1 Å². The van der Waals surface area contributed by atoms with E-state index in [0.717, 1.165) is 50.5 Å². The van der Waals surface area contributed by atoms with Crippen LogP contribution in [0.1, 0.15) is 108 Å². The van der Waals surface area contributed by atoms with Crippen LogP contribution in [0.5, 0.6) is 5.75 Å². The Hall–Kier alpha value is -5.74. The maximum Gasteiger partial charge on any atom is 0.147 e. The molecule has 7 aromatic rings. The lowest BCUT2D eigenvalue weighted by molar-refractivity contribution is 0.473. The van der Waals surface area contributed by atoms with Crippen molar-refractivity contribution in [2.45, 2.75) is 85.5 Å². The average molecular weight is 724 g/mol. The van der Waals surface area contributed by atoms with Gasteiger partial charge in [0.15, 0.2) is 0 Å². The molecule has 1 N–H and O–H groups in total. The van der Waals surface area contributed by atoms with Crippen LogP contribution in [0.15, 0.2) is 132 Å². The highest BCUT2D eigenvalue weighted by atomic mass is 16.3. The van der Waals surface area contributed by atoms with E-state index in [1.165, 1.54) is 27.8 Å². The van der Waals surface area contributed by atoms with Gasteiger partial charge in [-0.2, -0.15) is 0 Å². The monoisotopic (exact) mass is 723 g/mol. The Kier molecular flexibility index (Phi) is 10.4. The third-order valence-electron chi connectivity index (χ3n) is 10.7. The first-order valence-corrected chi connectivity index (χ1v) is 19.6. The van der Waals surface area contributed by atoms with Gasteiger partial charge in [0, 0.05) is 28.6 Å². The third-order valence-corrected chi connectivity index (χ3v) is 10.7. The van der Waals surface area contributed by atoms with Crippen molar-refractivity contribution in [2.75, 3.05) is 0 Å². The van der Waals surface area contributed by atoms with Crippen molar-refractivity contribution < 1.29 is 5.11 Å². The number of para-hydroxylation sites is 3. The highest BCUT2D eigenvalue weighted by Crippen LogP contribution is 2.41. The normalized spacial score (nSPS) is 12.2. The van der Waals surface area contributed by atoms with Crippen LogP contribution in [-0.2, 0) is 5.41 Å². The predicted molar refractivity (Wildman–Crippen MR) is 234 cm³/mol. The summed E-state index contributed by atoms with van der Waals surface area (Å²) >= 11 is 0. The molecule has 1 aromatic heterocycles. The van der Waals surface area contributed by atoms with Gasteiger partial charge in [-0.15, -0.1) is 0 Å². The minimum Gasteiger partial charge on any atom is -0.507 e. The summed E-state index contributed by atoms with van der Waals surface area (Å²) in [6.07, 6.45) is 1.76. The van der Waals surface area contributed by atoms with Gasteiger partial charge in [0.05, 0.1) is 16.7 Å². The van der Waals surface area contributed by atoms with Crippen molar-refractivity contribution in [1.82, 2.24) is 9.55 Å². The molecular formula is C51H53N3O. The Morgan fingerprint density at radius 2 is 1.25 bits per heavy atom. The fourth-order valence-electron chi connectivity index (χ4n) is 7.50. The van der Waals surface area contributed by atoms with Gasteiger partial charge in [-0.1, -0.05) is 147 Å². The minimum atomic E-state index is -0.0557. The van der Waals surface area contributed by atoms with E-state index in [2.05, 4.69) is 152 Å². The van der Waals surface area contributed by atoms with Crippen molar-refractivity contribution in [2.24, 2.45) is 4.99 Å². The lowest BCUT2D eigenvalue weighted by Crippen LogP contribution is -2.11. The van der Waals surface area contributed by atoms with Gasteiger partial charge in [0.1, 0.15) is 11.6 Å². The fourth-order valence-corrected chi connectivity index (χ4v) is 7.50. The molecule has 6 aromatic carbocycles. The molecule has 0 amide bonds. The molecule has 0 atom stereocenters. The number of phenolic OH excluding ortho intramolecular Hbond substituents is 1. The molecule has 278 valence electrons. The Bertz CT molecular complexity index is 2460. The standard InChI is InChI=1S/C51H53N3O/c1-32(2)37-29-43(33(3)4)48(44(30-37)34(5)6)36-24-22-35(23-25-36)41-19-15-21-46-49(41)53-50(54(46)40-16-11-10-12-17-40)42-18-13-14-20-45(42)52-31-38-28-39(51(7,8)9)26-27-47(38)55/h10-34,55H,1-9H3. The SMILES string of the molecule is CC(C)c1cc(C(C)C)c(-c2ccc(-c3cccc4c3nc(-c3ccccc3N=Cc3cc(C(C)(C)C)ccc3O)n4-c3ccccc3)cc2)c(C(C)C)c1. The van der Waals surface area contributed by atoms with E-state index >= 15 is 0 Å². The zero-order valence-electron chi connectivity index (χ0n) is 33.7. The van der Waals surface area contributed by atoms with E-state index in [4.69, 9.17) is 9.98 Å². The molecule has 0 radical (unpaired) electrons. The van der Waals surface area contributed by atoms with Crippen LogP contribution in [0, 0.1) is 0 Å². The van der Waals surface area contributed by atoms with Gasteiger partial charge in [-0.3, -0.25) is 9.56 Å². The van der Waals surface area contributed by atoms with Crippen molar-refractivity contribution in [1.29, 1.82) is 0 Å². The molecule has 0 saturated carbocycles. The van der Waals surface area contributed by atoms with Crippen LogP contribution in [0.4, 0.5) is 5.69 Å². The molecule has 4 heteroatoms. The van der Waals surface area contributed by atoms with Crippen LogP contribution >= 0.6 is 0 Å². The number of aliphatic imine (C=N–C) groups is 1. The Morgan fingerprint density at radius 1 is 0.636 bits per heavy atom. The van der Waals surface area contributed by atoms with Gasteiger partial charge in [0.25, 0.3) is 0 Å². The number of phenols is 1. The molecule has 55 heavy (non-hydrogen) atoms. The first-order valence-electron chi connectivity index (χ1n) is 19.6. The molecule has 0 bridgehead atoms. The summed E-state index contributed by atoms with van der Waals surface area (Å²) in [6, 6.07) is 44.7. The van der Waals surface area contributed by atoms with Crippen LogP contribution in [0.3, 0.4) is 0 Å². The van der Waals surface area contributed by atoms with Crippen LogP contribution in [-0.4, -0.2) is 20.9 Å². The first-order chi connectivity index (χ1) is 26.3. The molecule has 0 saturated heterocycles. The van der Waals surface area contributed by atoms with Crippen LogP contribution < -0.4 is 0 Å². The molecule has 1 heterocycles. The van der Waals surface area contributed by atoms with Crippen molar-refractivity contribution >= 4 is 22.9 Å². The first kappa shape index (κ1) is 37.6. The number of hydrogen-bond donors (Lipinski definition) is 1. The largest absolute Gasteiger partial charge is 0.507 e. The smallest absolute Gasteiger partial charge is 0.147 e. The summed E-state index contributed by atoms with van der Waals surface area (Å²) in [5, 5.41) is 10.8. The minimum absolute atomic E-state index is 0.0557. The van der Waals surface area contributed by atoms with Crippen LogP contribution in [0.25, 0.3) is 50.4 Å². The van der Waals surface area contributed by atoms with E-state index in [0.29, 0.717) is 23.3 Å². The topological polar surface area (TPSA) is 50.4 Å². The Morgan fingerprint density at radius 3 is 1.89 bits per heavy atom. The summed E-state index contributed by atoms with van der Waals surface area (Å²) in [4.78, 5) is 10.4. The number of aromatic hydroxyl groups is 1. The Labute approximate surface area is 327 Å². The number of imidazole rings is 1. The number of nitrogens with zero attached hydrogens (tertiary/aromatic N) is 3. The summed E-state index contributed by atoms with van der Waals surface area (Å²) in [6.45, 7) is 20.3. The maximum absolute atomic E-state index is 10.8. The van der Waals surface area contributed by atoms with Gasteiger partial charge < -0.3 is 5.11 Å². The molecular weight excluding hydrogens is 671 g/mol. The van der Waals surface area contributed by atoms with E-state index in [1.54, 1.807) is 12.3 Å². The lowest BCUT2D eigenvalue weighted by atomic mass is 9.81. The number of aromatic nitrogens is 2. The van der Waals surface area contributed by atoms with Crippen molar-refractivity contribution in [3.63, 3.8) is 0 Å². The maximum atomic E-state index is 10.8. The van der Waals surface area contributed by atoms with E-state index in [9.17, 15) is 5.11 Å². The molecule has 0 aliphatic heterocycles. The van der Waals surface area contributed by atoms with E-state index in [-0.39, 0.29) is 11.2 Å². The van der Waals surface area contributed by atoms with Gasteiger partial charge in [-0.05, 0) is 105 Å². The average Bonchev–Trinajstić information content (AvgIpc) is 3.57. The van der Waals surface area contributed by atoms with Gasteiger partial charge in [-0.25, -0.2) is 4.98 Å². The summed E-state index contributed by atoms with van der Waals surface area (Å²) in [7, 11) is 0. The van der Waals surface area contributed by atoms with Gasteiger partial charge >= 0.3 is 0 Å². The quantitative estimate of drug-likeness (QED) is 0.151. The second-order valence-corrected chi connectivity index (χ2v) is 16.7. The highest BCUT2D eigenvalue weighted by Gasteiger charge is 2.22. The second-order valence-electron chi connectivity index (χ2n) is 16.7. The van der Waals surface area contributed by atoms with Crippen LogP contribution in [0.2, 0.25) is 0 Å². The number of benzene rings is 6. The molecule has 0 spiro atoms. The summed E-state index contributed by atoms with van der Waals surface area (Å²) in [5.74, 6) is 2.30. The second kappa shape index (κ2) is 15.2. The van der Waals surface area contributed by atoms with Gasteiger partial charge in [0.2, 0.25) is 0 Å². The lowest BCUT2D eigenvalue weighted by Gasteiger charge is -2.23. The highest BCUT2D eigenvalue weighted by molar-refractivity contribution is 5.97. The zero-order valence-corrected chi connectivity index (χ0v) is 33.7. The Balaban J connectivity index is 1.36. The molecule has 0 fully saturated rings. The number of fused-ring (bicyclic) bond motifs is 1. The molecule has 0 unspecified atom stereocenters. The summed E-state index contributed by atoms with van der Waals surface area (Å²) in [5.41, 5.74) is 15.4. The fraction of sp³-hybridized carbons (Fsp3) is 0.255. The van der Waals surface area contributed by atoms with Crippen molar-refractivity contribution in [3.05, 3.63) is 155 Å².